The molecule has 0 aliphatic heterocycles. The summed E-state index contributed by atoms with van der Waals surface area (Å²) in [7, 11) is 0. The quantitative estimate of drug-likeness (QED) is 0.435. The highest BCUT2D eigenvalue weighted by molar-refractivity contribution is 6.11. The molecule has 0 atom stereocenters. The van der Waals surface area contributed by atoms with Gasteiger partial charge in [-0.15, -0.1) is 0 Å². The molecule has 1 heterocycles. The van der Waals surface area contributed by atoms with Crippen molar-refractivity contribution in [1.82, 2.24) is 4.98 Å². The molecule has 0 amide bonds. The Morgan fingerprint density at radius 1 is 0.714 bits per heavy atom. The fraction of sp³-hybridized carbons (Fsp3) is 0. The minimum atomic E-state index is -0.243. The molecule has 0 saturated heterocycles. The number of aromatic nitrogens is 1. The SMILES string of the molecule is Fc1cccc(-c2nccc3c2ccc2ccccc23)c1. The van der Waals surface area contributed by atoms with E-state index in [9.17, 15) is 4.39 Å². The molecular formula is C19H12FN. The van der Waals surface area contributed by atoms with E-state index in [1.807, 2.05) is 24.3 Å². The van der Waals surface area contributed by atoms with Crippen molar-refractivity contribution in [3.63, 3.8) is 0 Å². The molecule has 0 N–H and O–H groups in total. The normalized spacial score (nSPS) is 11.1. The predicted octanol–water partition coefficient (Wildman–Crippen LogP) is 5.19. The first-order chi connectivity index (χ1) is 10.3. The van der Waals surface area contributed by atoms with E-state index in [1.165, 1.54) is 22.9 Å². The summed E-state index contributed by atoms with van der Waals surface area (Å²) in [6.07, 6.45) is 1.79. The van der Waals surface area contributed by atoms with Crippen LogP contribution in [-0.4, -0.2) is 4.98 Å². The van der Waals surface area contributed by atoms with Gasteiger partial charge in [-0.25, -0.2) is 4.39 Å². The Kier molecular flexibility index (Phi) is 2.68. The highest BCUT2D eigenvalue weighted by atomic mass is 19.1. The van der Waals surface area contributed by atoms with Gasteiger partial charge in [0.25, 0.3) is 0 Å². The topological polar surface area (TPSA) is 12.9 Å². The van der Waals surface area contributed by atoms with Gasteiger partial charge in [-0.2, -0.15) is 0 Å². The highest BCUT2D eigenvalue weighted by Gasteiger charge is 2.08. The second-order valence-corrected chi connectivity index (χ2v) is 5.05. The van der Waals surface area contributed by atoms with Crippen LogP contribution in [0.1, 0.15) is 0 Å². The van der Waals surface area contributed by atoms with E-state index < -0.39 is 0 Å². The number of halogens is 1. The summed E-state index contributed by atoms with van der Waals surface area (Å²) >= 11 is 0. The van der Waals surface area contributed by atoms with Crippen molar-refractivity contribution in [2.24, 2.45) is 0 Å². The average Bonchev–Trinajstić information content (AvgIpc) is 2.54. The lowest BCUT2D eigenvalue weighted by Gasteiger charge is -2.08. The number of rotatable bonds is 1. The van der Waals surface area contributed by atoms with Crippen LogP contribution in [0.25, 0.3) is 32.8 Å². The molecular weight excluding hydrogens is 261 g/mol. The van der Waals surface area contributed by atoms with Gasteiger partial charge in [-0.3, -0.25) is 4.98 Å². The van der Waals surface area contributed by atoms with Crippen molar-refractivity contribution in [3.05, 3.63) is 78.7 Å². The molecule has 1 nitrogen and oxygen atoms in total. The highest BCUT2D eigenvalue weighted by Crippen LogP contribution is 2.31. The molecule has 0 aliphatic carbocycles. The van der Waals surface area contributed by atoms with Crippen LogP contribution in [0.15, 0.2) is 72.9 Å². The van der Waals surface area contributed by atoms with Gasteiger partial charge >= 0.3 is 0 Å². The molecule has 1 aromatic heterocycles. The molecule has 0 bridgehead atoms. The average molecular weight is 273 g/mol. The van der Waals surface area contributed by atoms with E-state index >= 15 is 0 Å². The molecule has 0 saturated carbocycles. The Hall–Kier alpha value is -2.74. The van der Waals surface area contributed by atoms with Gasteiger partial charge < -0.3 is 0 Å². The molecule has 0 fully saturated rings. The second kappa shape index (κ2) is 4.67. The molecule has 0 unspecified atom stereocenters. The zero-order valence-corrected chi connectivity index (χ0v) is 11.3. The summed E-state index contributed by atoms with van der Waals surface area (Å²) in [5.41, 5.74) is 1.62. The van der Waals surface area contributed by atoms with Crippen LogP contribution in [0.3, 0.4) is 0 Å². The maximum Gasteiger partial charge on any atom is 0.123 e. The van der Waals surface area contributed by atoms with Crippen molar-refractivity contribution in [2.45, 2.75) is 0 Å². The lowest BCUT2D eigenvalue weighted by molar-refractivity contribution is 0.628. The molecule has 0 spiro atoms. The van der Waals surface area contributed by atoms with Crippen molar-refractivity contribution in [2.75, 3.05) is 0 Å². The minimum absolute atomic E-state index is 0.243. The lowest BCUT2D eigenvalue weighted by atomic mass is 9.99. The maximum atomic E-state index is 13.5. The smallest absolute Gasteiger partial charge is 0.123 e. The van der Waals surface area contributed by atoms with Crippen LogP contribution >= 0.6 is 0 Å². The van der Waals surface area contributed by atoms with Crippen LogP contribution in [0.4, 0.5) is 4.39 Å². The number of hydrogen-bond donors (Lipinski definition) is 0. The number of pyridine rings is 1. The van der Waals surface area contributed by atoms with Gasteiger partial charge in [0.1, 0.15) is 5.82 Å². The summed E-state index contributed by atoms with van der Waals surface area (Å²) < 4.78 is 13.5. The van der Waals surface area contributed by atoms with E-state index in [1.54, 1.807) is 12.3 Å². The lowest BCUT2D eigenvalue weighted by Crippen LogP contribution is -1.88. The Balaban J connectivity index is 2.09. The van der Waals surface area contributed by atoms with Crippen molar-refractivity contribution in [3.8, 4) is 11.3 Å². The molecule has 0 aliphatic rings. The van der Waals surface area contributed by atoms with Crippen LogP contribution < -0.4 is 0 Å². The van der Waals surface area contributed by atoms with Gasteiger partial charge in [0, 0.05) is 17.1 Å². The van der Waals surface area contributed by atoms with Crippen molar-refractivity contribution < 1.29 is 4.39 Å². The molecule has 4 aromatic rings. The maximum absolute atomic E-state index is 13.5. The number of hydrogen-bond acceptors (Lipinski definition) is 1. The van der Waals surface area contributed by atoms with E-state index in [-0.39, 0.29) is 5.82 Å². The van der Waals surface area contributed by atoms with Crippen LogP contribution in [0.2, 0.25) is 0 Å². The number of nitrogens with zero attached hydrogens (tertiary/aromatic N) is 1. The van der Waals surface area contributed by atoms with E-state index in [4.69, 9.17) is 0 Å². The fourth-order valence-corrected chi connectivity index (χ4v) is 2.80. The van der Waals surface area contributed by atoms with Crippen molar-refractivity contribution >= 4 is 21.5 Å². The predicted molar refractivity (Wildman–Crippen MR) is 84.6 cm³/mol. The van der Waals surface area contributed by atoms with Crippen LogP contribution in [0.5, 0.6) is 0 Å². The third-order valence-electron chi connectivity index (χ3n) is 3.77. The zero-order chi connectivity index (χ0) is 14.2. The molecule has 2 heteroatoms. The summed E-state index contributed by atoms with van der Waals surface area (Å²) in [5.74, 6) is -0.243. The Labute approximate surface area is 121 Å². The minimum Gasteiger partial charge on any atom is -0.256 e. The Bertz CT molecular complexity index is 960. The van der Waals surface area contributed by atoms with Crippen LogP contribution in [0, 0.1) is 5.82 Å². The first kappa shape index (κ1) is 12.0. The Morgan fingerprint density at radius 2 is 1.62 bits per heavy atom. The Morgan fingerprint density at radius 3 is 2.52 bits per heavy atom. The summed E-state index contributed by atoms with van der Waals surface area (Å²) in [6.45, 7) is 0. The number of fused-ring (bicyclic) bond motifs is 3. The molecule has 21 heavy (non-hydrogen) atoms. The largest absolute Gasteiger partial charge is 0.256 e. The van der Waals surface area contributed by atoms with E-state index in [0.29, 0.717) is 0 Å². The molecule has 0 radical (unpaired) electrons. The zero-order valence-electron chi connectivity index (χ0n) is 11.3. The molecule has 4 rings (SSSR count). The van der Waals surface area contributed by atoms with E-state index in [0.717, 1.165) is 22.0 Å². The van der Waals surface area contributed by atoms with Gasteiger partial charge in [-0.05, 0) is 34.4 Å². The first-order valence-electron chi connectivity index (χ1n) is 6.85. The number of benzene rings is 3. The summed E-state index contributed by atoms with van der Waals surface area (Å²) in [6, 6.07) is 21.0. The first-order valence-corrected chi connectivity index (χ1v) is 6.85. The molecule has 3 aromatic carbocycles. The van der Waals surface area contributed by atoms with Gasteiger partial charge in [0.2, 0.25) is 0 Å². The third kappa shape index (κ3) is 1.96. The van der Waals surface area contributed by atoms with Crippen molar-refractivity contribution in [1.29, 1.82) is 0 Å². The summed E-state index contributed by atoms with van der Waals surface area (Å²) in [4.78, 5) is 4.46. The van der Waals surface area contributed by atoms with Crippen LogP contribution in [-0.2, 0) is 0 Å². The second-order valence-electron chi connectivity index (χ2n) is 5.05. The van der Waals surface area contributed by atoms with Gasteiger partial charge in [0.05, 0.1) is 5.69 Å². The van der Waals surface area contributed by atoms with Gasteiger partial charge in [-0.1, -0.05) is 48.5 Å². The standard InChI is InChI=1S/C19H12FN/c20-15-6-3-5-14(12-15)19-18-9-8-13-4-1-2-7-16(13)17(18)10-11-21-19/h1-12H. The van der Waals surface area contributed by atoms with Gasteiger partial charge in [0.15, 0.2) is 0 Å². The van der Waals surface area contributed by atoms with E-state index in [2.05, 4.69) is 29.2 Å². The third-order valence-corrected chi connectivity index (χ3v) is 3.77. The summed E-state index contributed by atoms with van der Waals surface area (Å²) in [5, 5.41) is 4.57. The molecule has 100 valence electrons. The fourth-order valence-electron chi connectivity index (χ4n) is 2.80. The monoisotopic (exact) mass is 273 g/mol.